The third-order valence-corrected chi connectivity index (χ3v) is 1.30. The van der Waals surface area contributed by atoms with Crippen LogP contribution >= 0.6 is 0 Å². The summed E-state index contributed by atoms with van der Waals surface area (Å²) < 4.78 is 0. The Balaban J connectivity index is 3.69. The van der Waals surface area contributed by atoms with Crippen molar-refractivity contribution in [3.05, 3.63) is 11.8 Å². The molecule has 0 aliphatic carbocycles. The van der Waals surface area contributed by atoms with Crippen LogP contribution in [0.3, 0.4) is 0 Å². The average molecular weight is 171 g/mol. The Morgan fingerprint density at radius 2 is 2.25 bits per heavy atom. The molecule has 5 heteroatoms. The summed E-state index contributed by atoms with van der Waals surface area (Å²) in [7, 11) is 0. The van der Waals surface area contributed by atoms with Gasteiger partial charge >= 0.3 is 0 Å². The molecular formula is C7H17N5. The van der Waals surface area contributed by atoms with Crippen molar-refractivity contribution in [1.82, 2.24) is 10.7 Å². The fourth-order valence-corrected chi connectivity index (χ4v) is 0.613. The molecule has 5 nitrogen and oxygen atoms in total. The fourth-order valence-electron chi connectivity index (χ4n) is 0.613. The highest BCUT2D eigenvalue weighted by atomic mass is 15.5. The first kappa shape index (κ1) is 10.9. The Morgan fingerprint density at radius 3 is 2.67 bits per heavy atom. The molecule has 0 rings (SSSR count). The van der Waals surface area contributed by atoms with Crippen LogP contribution in [0.2, 0.25) is 0 Å². The highest BCUT2D eigenvalue weighted by Gasteiger charge is 1.95. The van der Waals surface area contributed by atoms with Crippen molar-refractivity contribution < 1.29 is 0 Å². The van der Waals surface area contributed by atoms with Crippen LogP contribution in [0.1, 0.15) is 20.8 Å². The average Bonchev–Trinajstić information content (AvgIpc) is 2.05. The normalized spacial score (nSPS) is 12.8. The maximum Gasteiger partial charge on any atom is 0.0449 e. The van der Waals surface area contributed by atoms with E-state index in [2.05, 4.69) is 35.0 Å². The molecule has 0 aromatic heterocycles. The van der Waals surface area contributed by atoms with E-state index >= 15 is 0 Å². The second-order valence-corrected chi connectivity index (χ2v) is 2.68. The molecule has 0 saturated carbocycles. The number of rotatable bonds is 5. The van der Waals surface area contributed by atoms with E-state index in [0.29, 0.717) is 6.04 Å². The van der Waals surface area contributed by atoms with Crippen LogP contribution in [-0.4, -0.2) is 12.6 Å². The third-order valence-electron chi connectivity index (χ3n) is 1.30. The first-order valence-electron chi connectivity index (χ1n) is 3.95. The molecule has 0 saturated heterocycles. The zero-order chi connectivity index (χ0) is 9.40. The SMILES string of the molecule is C/C=C(/CNC(C)C)N/N=N\N. The van der Waals surface area contributed by atoms with E-state index in [0.717, 1.165) is 12.2 Å². The first-order valence-corrected chi connectivity index (χ1v) is 3.95. The van der Waals surface area contributed by atoms with E-state index in [1.807, 2.05) is 13.0 Å². The zero-order valence-corrected chi connectivity index (χ0v) is 7.83. The minimum absolute atomic E-state index is 0.455. The number of nitrogens with zero attached hydrogens (tertiary/aromatic N) is 2. The smallest absolute Gasteiger partial charge is 0.0449 e. The lowest BCUT2D eigenvalue weighted by molar-refractivity contribution is 0.596. The molecule has 0 bridgehead atoms. The molecule has 4 N–H and O–H groups in total. The maximum atomic E-state index is 4.84. The predicted octanol–water partition coefficient (Wildman–Crippen LogP) is 0.719. The van der Waals surface area contributed by atoms with Gasteiger partial charge in [-0.3, -0.25) is 5.43 Å². The van der Waals surface area contributed by atoms with E-state index in [1.54, 1.807) is 0 Å². The topological polar surface area (TPSA) is 74.8 Å². The van der Waals surface area contributed by atoms with E-state index in [4.69, 9.17) is 5.84 Å². The maximum absolute atomic E-state index is 4.84. The van der Waals surface area contributed by atoms with E-state index < -0.39 is 0 Å². The molecule has 12 heavy (non-hydrogen) atoms. The third kappa shape index (κ3) is 5.67. The van der Waals surface area contributed by atoms with Crippen LogP contribution in [0.5, 0.6) is 0 Å². The van der Waals surface area contributed by atoms with E-state index in [1.165, 1.54) is 0 Å². The standard InChI is InChI=1S/C7H17N5/c1-4-7(10-12-11-8)5-9-6(2)3/h4,6,9H,5H2,1-3H3,(H2,8,12)(H,10,11)/b7-4-. The van der Waals surface area contributed by atoms with Gasteiger partial charge in [0.2, 0.25) is 0 Å². The van der Waals surface area contributed by atoms with Crippen LogP contribution in [-0.2, 0) is 0 Å². The van der Waals surface area contributed by atoms with Gasteiger partial charge in [-0.05, 0) is 6.92 Å². The summed E-state index contributed by atoms with van der Waals surface area (Å²) in [6.07, 6.45) is 1.92. The molecule has 0 fully saturated rings. The van der Waals surface area contributed by atoms with Gasteiger partial charge in [0, 0.05) is 18.3 Å². The van der Waals surface area contributed by atoms with Gasteiger partial charge in [0.05, 0.1) is 0 Å². The largest absolute Gasteiger partial charge is 0.309 e. The van der Waals surface area contributed by atoms with Crippen molar-refractivity contribution in [2.75, 3.05) is 6.54 Å². The van der Waals surface area contributed by atoms with Gasteiger partial charge in [-0.25, -0.2) is 0 Å². The predicted molar refractivity (Wildman–Crippen MR) is 49.1 cm³/mol. The number of hydrogen-bond donors (Lipinski definition) is 3. The molecule has 0 atom stereocenters. The summed E-state index contributed by atoms with van der Waals surface area (Å²) in [5, 5.41) is 9.79. The number of nitrogens with one attached hydrogen (secondary N) is 2. The second-order valence-electron chi connectivity index (χ2n) is 2.68. The molecule has 0 amide bonds. The summed E-state index contributed by atoms with van der Waals surface area (Å²) in [5.74, 6) is 4.84. The van der Waals surface area contributed by atoms with Crippen molar-refractivity contribution in [2.45, 2.75) is 26.8 Å². The van der Waals surface area contributed by atoms with Gasteiger partial charge in [-0.15, -0.1) is 0 Å². The Hall–Kier alpha value is -1.10. The highest BCUT2D eigenvalue weighted by molar-refractivity contribution is 4.98. The molecule has 70 valence electrons. The van der Waals surface area contributed by atoms with Crippen molar-refractivity contribution in [2.24, 2.45) is 16.3 Å². The number of nitrogens with two attached hydrogens (primary N) is 1. The Morgan fingerprint density at radius 1 is 1.58 bits per heavy atom. The lowest BCUT2D eigenvalue weighted by Crippen LogP contribution is -2.28. The molecule has 0 unspecified atom stereocenters. The van der Waals surface area contributed by atoms with Crippen LogP contribution in [0, 0.1) is 0 Å². The van der Waals surface area contributed by atoms with Gasteiger partial charge in [-0.2, -0.15) is 0 Å². The quantitative estimate of drug-likeness (QED) is 0.324. The summed E-state index contributed by atoms with van der Waals surface area (Å²) in [5.41, 5.74) is 3.66. The molecular weight excluding hydrogens is 154 g/mol. The fraction of sp³-hybridized carbons (Fsp3) is 0.714. The minimum Gasteiger partial charge on any atom is -0.309 e. The number of hydrogen-bond acceptors (Lipinski definition) is 3. The molecule has 0 aromatic carbocycles. The highest BCUT2D eigenvalue weighted by Crippen LogP contribution is 1.87. The molecule has 0 aliphatic rings. The van der Waals surface area contributed by atoms with Gasteiger partial charge in [0.15, 0.2) is 0 Å². The van der Waals surface area contributed by atoms with Crippen molar-refractivity contribution in [3.63, 3.8) is 0 Å². The lowest BCUT2D eigenvalue weighted by Gasteiger charge is -2.09. The Labute approximate surface area is 73.1 Å². The van der Waals surface area contributed by atoms with Crippen molar-refractivity contribution in [1.29, 1.82) is 0 Å². The van der Waals surface area contributed by atoms with Crippen molar-refractivity contribution >= 4 is 0 Å². The molecule has 0 radical (unpaired) electrons. The number of allylic oxidation sites excluding steroid dienone is 1. The molecule has 0 aromatic rings. The first-order chi connectivity index (χ1) is 5.70. The molecule has 0 aliphatic heterocycles. The summed E-state index contributed by atoms with van der Waals surface area (Å²) in [6.45, 7) is 6.83. The van der Waals surface area contributed by atoms with Crippen LogP contribution in [0.25, 0.3) is 0 Å². The minimum atomic E-state index is 0.455. The van der Waals surface area contributed by atoms with Crippen LogP contribution < -0.4 is 16.6 Å². The summed E-state index contributed by atoms with van der Waals surface area (Å²) in [4.78, 5) is 0. The zero-order valence-electron chi connectivity index (χ0n) is 7.83. The lowest BCUT2D eigenvalue weighted by atomic mass is 10.3. The van der Waals surface area contributed by atoms with Gasteiger partial charge in [0.1, 0.15) is 0 Å². The van der Waals surface area contributed by atoms with Crippen molar-refractivity contribution in [3.8, 4) is 0 Å². The summed E-state index contributed by atoms with van der Waals surface area (Å²) in [6, 6.07) is 0.455. The Kier molecular flexibility index (Phi) is 6.00. The van der Waals surface area contributed by atoms with Gasteiger partial charge in [0.25, 0.3) is 0 Å². The van der Waals surface area contributed by atoms with E-state index in [-0.39, 0.29) is 0 Å². The molecule has 0 heterocycles. The van der Waals surface area contributed by atoms with Gasteiger partial charge < -0.3 is 11.2 Å². The van der Waals surface area contributed by atoms with E-state index in [9.17, 15) is 0 Å². The van der Waals surface area contributed by atoms with Gasteiger partial charge in [-0.1, -0.05) is 30.4 Å². The molecule has 0 spiro atoms. The van der Waals surface area contributed by atoms with Crippen LogP contribution in [0.4, 0.5) is 0 Å². The monoisotopic (exact) mass is 171 g/mol. The second kappa shape index (κ2) is 6.60. The van der Waals surface area contributed by atoms with Crippen LogP contribution in [0.15, 0.2) is 22.2 Å². The summed E-state index contributed by atoms with van der Waals surface area (Å²) >= 11 is 0. The Bertz CT molecular complexity index is 161.